The van der Waals surface area contributed by atoms with E-state index in [2.05, 4.69) is 12.1 Å². The van der Waals surface area contributed by atoms with Gasteiger partial charge in [0, 0.05) is 34.8 Å². The van der Waals surface area contributed by atoms with E-state index in [4.69, 9.17) is 9.72 Å². The van der Waals surface area contributed by atoms with Crippen molar-refractivity contribution in [2.75, 3.05) is 18.6 Å². The van der Waals surface area contributed by atoms with Gasteiger partial charge < -0.3 is 19.5 Å². The van der Waals surface area contributed by atoms with Crippen LogP contribution in [0.1, 0.15) is 21.5 Å². The molecule has 0 fully saturated rings. The zero-order valence-electron chi connectivity index (χ0n) is 18.7. The molecule has 0 saturated carbocycles. The SMILES string of the molecule is COc1cc(-c2ccccc2)c2c(c1)N(c1nc3ccc(F)cc3c(C(=O)[O-])c1C)CC2.[Na+]. The van der Waals surface area contributed by atoms with Crippen molar-refractivity contribution in [2.45, 2.75) is 13.3 Å². The minimum absolute atomic E-state index is 0. The summed E-state index contributed by atoms with van der Waals surface area (Å²) in [6.07, 6.45) is 0.771. The Morgan fingerprint density at radius 2 is 1.88 bits per heavy atom. The summed E-state index contributed by atoms with van der Waals surface area (Å²) in [5.41, 5.74) is 5.04. The number of rotatable bonds is 4. The van der Waals surface area contributed by atoms with Gasteiger partial charge in [-0.3, -0.25) is 0 Å². The van der Waals surface area contributed by atoms with Gasteiger partial charge in [-0.2, -0.15) is 0 Å². The van der Waals surface area contributed by atoms with Crippen LogP contribution < -0.4 is 44.3 Å². The number of nitrogens with zero attached hydrogens (tertiary/aromatic N) is 2. The summed E-state index contributed by atoms with van der Waals surface area (Å²) in [4.78, 5) is 18.7. The van der Waals surface area contributed by atoms with E-state index in [1.165, 1.54) is 18.2 Å². The van der Waals surface area contributed by atoms with Crippen molar-refractivity contribution in [2.24, 2.45) is 0 Å². The number of aromatic carboxylic acids is 1. The van der Waals surface area contributed by atoms with E-state index in [-0.39, 0.29) is 40.5 Å². The Hall–Kier alpha value is -2.93. The van der Waals surface area contributed by atoms with Gasteiger partial charge in [0.1, 0.15) is 17.4 Å². The number of hydrogen-bond donors (Lipinski definition) is 0. The molecule has 1 aliphatic rings. The number of carboxylic acids is 1. The van der Waals surface area contributed by atoms with E-state index < -0.39 is 11.8 Å². The Bertz CT molecular complexity index is 1380. The normalized spacial score (nSPS) is 12.4. The maximum Gasteiger partial charge on any atom is 1.00 e. The van der Waals surface area contributed by atoms with Crippen LogP contribution in [0.15, 0.2) is 60.7 Å². The van der Waals surface area contributed by atoms with Crippen LogP contribution in [0.25, 0.3) is 22.0 Å². The van der Waals surface area contributed by atoms with Gasteiger partial charge in [-0.1, -0.05) is 30.3 Å². The van der Waals surface area contributed by atoms with E-state index in [0.29, 0.717) is 29.2 Å². The summed E-state index contributed by atoms with van der Waals surface area (Å²) in [6.45, 7) is 2.32. The van der Waals surface area contributed by atoms with E-state index in [1.807, 2.05) is 35.2 Å². The standard InChI is InChI=1S/C26H21FN2O3.Na/c1-15-24(26(30)31)21-12-17(27)8-9-22(21)28-25(15)29-11-10-19-20(16-6-4-3-5-7-16)13-18(32-2)14-23(19)29;/h3-9,12-14H,10-11H2,1-2H3,(H,30,31);/q;+1/p-1. The zero-order chi connectivity index (χ0) is 22.4. The number of ether oxygens (including phenoxy) is 1. The molecule has 0 radical (unpaired) electrons. The quantitative estimate of drug-likeness (QED) is 0.440. The van der Waals surface area contributed by atoms with Gasteiger partial charge in [0.2, 0.25) is 0 Å². The summed E-state index contributed by atoms with van der Waals surface area (Å²) in [7, 11) is 1.62. The Balaban J connectivity index is 0.00000259. The summed E-state index contributed by atoms with van der Waals surface area (Å²) < 4.78 is 19.4. The molecule has 0 N–H and O–H groups in total. The molecule has 160 valence electrons. The number of methoxy groups -OCH3 is 1. The number of fused-ring (bicyclic) bond motifs is 2. The Kier molecular flexibility index (Phi) is 6.43. The van der Waals surface area contributed by atoms with Gasteiger partial charge >= 0.3 is 29.6 Å². The minimum Gasteiger partial charge on any atom is -0.545 e. The Morgan fingerprint density at radius 1 is 1.12 bits per heavy atom. The third-order valence-corrected chi connectivity index (χ3v) is 6.02. The molecule has 33 heavy (non-hydrogen) atoms. The van der Waals surface area contributed by atoms with Gasteiger partial charge in [0.05, 0.1) is 18.6 Å². The second-order valence-corrected chi connectivity index (χ2v) is 7.82. The fourth-order valence-electron chi connectivity index (χ4n) is 4.54. The van der Waals surface area contributed by atoms with Crippen LogP contribution in [-0.2, 0) is 6.42 Å². The van der Waals surface area contributed by atoms with Gasteiger partial charge in [-0.15, -0.1) is 0 Å². The number of anilines is 2. The molecule has 1 aromatic heterocycles. The van der Waals surface area contributed by atoms with Gasteiger partial charge in [0.15, 0.2) is 0 Å². The fraction of sp³-hybridized carbons (Fsp3) is 0.154. The number of pyridine rings is 1. The van der Waals surface area contributed by atoms with E-state index in [9.17, 15) is 14.3 Å². The van der Waals surface area contributed by atoms with Crippen LogP contribution in [-0.4, -0.2) is 24.6 Å². The molecule has 0 unspecified atom stereocenters. The molecule has 0 amide bonds. The average Bonchev–Trinajstić information content (AvgIpc) is 3.22. The number of aromatic nitrogens is 1. The van der Waals surface area contributed by atoms with Crippen LogP contribution in [0.5, 0.6) is 5.75 Å². The molecular formula is C26H20FN2NaO3. The molecule has 0 spiro atoms. The molecule has 3 aromatic carbocycles. The molecule has 0 saturated heterocycles. The first-order chi connectivity index (χ1) is 15.5. The number of hydrogen-bond acceptors (Lipinski definition) is 5. The van der Waals surface area contributed by atoms with Crippen molar-refractivity contribution in [1.82, 2.24) is 4.98 Å². The van der Waals surface area contributed by atoms with Crippen molar-refractivity contribution in [3.63, 3.8) is 0 Å². The molecule has 7 heteroatoms. The first kappa shape index (κ1) is 23.2. The summed E-state index contributed by atoms with van der Waals surface area (Å²) >= 11 is 0. The summed E-state index contributed by atoms with van der Waals surface area (Å²) in [6, 6.07) is 18.0. The number of benzene rings is 3. The molecular weight excluding hydrogens is 430 g/mol. The van der Waals surface area contributed by atoms with Crippen LogP contribution in [0.3, 0.4) is 0 Å². The van der Waals surface area contributed by atoms with Gasteiger partial charge in [0.25, 0.3) is 0 Å². The van der Waals surface area contributed by atoms with E-state index >= 15 is 0 Å². The topological polar surface area (TPSA) is 65.5 Å². The molecule has 4 aromatic rings. The monoisotopic (exact) mass is 450 g/mol. The van der Waals surface area contributed by atoms with Crippen molar-refractivity contribution >= 4 is 28.4 Å². The Morgan fingerprint density at radius 3 is 2.58 bits per heavy atom. The first-order valence-electron chi connectivity index (χ1n) is 10.3. The van der Waals surface area contributed by atoms with Crippen molar-refractivity contribution in [1.29, 1.82) is 0 Å². The molecule has 0 bridgehead atoms. The molecule has 2 heterocycles. The minimum atomic E-state index is -1.35. The molecule has 0 aliphatic carbocycles. The van der Waals surface area contributed by atoms with Crippen LogP contribution in [0.2, 0.25) is 0 Å². The smallest absolute Gasteiger partial charge is 0.545 e. The predicted octanol–water partition coefficient (Wildman–Crippen LogP) is 1.42. The number of carboxylic acid groups (broad SMARTS) is 1. The Labute approximate surface area is 213 Å². The largest absolute Gasteiger partial charge is 1.00 e. The third kappa shape index (κ3) is 3.99. The maximum atomic E-state index is 13.8. The second-order valence-electron chi connectivity index (χ2n) is 7.82. The van der Waals surface area contributed by atoms with Crippen molar-refractivity contribution in [3.8, 4) is 16.9 Å². The summed E-state index contributed by atoms with van der Waals surface area (Å²) in [5.74, 6) is -0.640. The molecule has 5 nitrogen and oxygen atoms in total. The molecule has 5 rings (SSSR count). The van der Waals surface area contributed by atoms with Crippen molar-refractivity contribution < 1.29 is 48.6 Å². The van der Waals surface area contributed by atoms with Gasteiger partial charge in [-0.05, 0) is 54.3 Å². The van der Waals surface area contributed by atoms with E-state index in [1.54, 1.807) is 14.0 Å². The molecule has 1 aliphatic heterocycles. The summed E-state index contributed by atoms with van der Waals surface area (Å²) in [5, 5.41) is 12.2. The van der Waals surface area contributed by atoms with Crippen molar-refractivity contribution in [3.05, 3.63) is 83.2 Å². The third-order valence-electron chi connectivity index (χ3n) is 6.02. The fourth-order valence-corrected chi connectivity index (χ4v) is 4.54. The second kappa shape index (κ2) is 9.14. The van der Waals surface area contributed by atoms with Gasteiger partial charge in [-0.25, -0.2) is 9.37 Å². The predicted molar refractivity (Wildman–Crippen MR) is 120 cm³/mol. The molecule has 0 atom stereocenters. The van der Waals surface area contributed by atoms with Crippen LogP contribution in [0.4, 0.5) is 15.9 Å². The van der Waals surface area contributed by atoms with Crippen LogP contribution in [0, 0.1) is 12.7 Å². The first-order valence-corrected chi connectivity index (χ1v) is 10.3. The number of carbonyl (C=O) groups is 1. The maximum absolute atomic E-state index is 13.8. The number of carbonyl (C=O) groups excluding carboxylic acids is 1. The average molecular weight is 450 g/mol. The number of halogens is 1. The van der Waals surface area contributed by atoms with E-state index in [0.717, 1.165) is 28.8 Å². The zero-order valence-corrected chi connectivity index (χ0v) is 20.7. The van der Waals surface area contributed by atoms with Crippen LogP contribution >= 0.6 is 0 Å².